The van der Waals surface area contributed by atoms with Crippen molar-refractivity contribution < 1.29 is 4.79 Å². The van der Waals surface area contributed by atoms with Crippen LogP contribution in [0.1, 0.15) is 41.9 Å². The molecule has 1 aromatic carbocycles. The Kier molecular flexibility index (Phi) is 4.30. The van der Waals surface area contributed by atoms with Gasteiger partial charge >= 0.3 is 0 Å². The highest BCUT2D eigenvalue weighted by Crippen LogP contribution is 2.33. The summed E-state index contributed by atoms with van der Waals surface area (Å²) >= 11 is 0. The van der Waals surface area contributed by atoms with Gasteiger partial charge < -0.3 is 4.90 Å². The monoisotopic (exact) mass is 364 g/mol. The second-order valence-corrected chi connectivity index (χ2v) is 7.36. The van der Waals surface area contributed by atoms with E-state index in [1.54, 1.807) is 4.68 Å². The lowest BCUT2D eigenvalue weighted by Gasteiger charge is -2.37. The van der Waals surface area contributed by atoms with E-state index < -0.39 is 0 Å². The van der Waals surface area contributed by atoms with E-state index >= 15 is 0 Å². The molecule has 3 aromatic rings. The highest BCUT2D eigenvalue weighted by atomic mass is 16.2. The standard InChI is InChI=1S/C20H24N6O/c1-13(2)17-19-21-18(15-8-6-5-7-9-15)23-26(19)11-10-25(17)20(27)16-12-14(3)24(4)22-16/h5-9,12-13,17H,10-11H2,1-4H3/t17-/m0/s1. The van der Waals surface area contributed by atoms with Gasteiger partial charge in [0.2, 0.25) is 0 Å². The molecule has 0 spiro atoms. The fourth-order valence-corrected chi connectivity index (χ4v) is 3.63. The molecule has 0 aliphatic carbocycles. The minimum atomic E-state index is -0.126. The van der Waals surface area contributed by atoms with Gasteiger partial charge in [0, 0.05) is 24.8 Å². The maximum Gasteiger partial charge on any atom is 0.275 e. The average Bonchev–Trinajstić information content (AvgIpc) is 3.24. The van der Waals surface area contributed by atoms with Crippen molar-refractivity contribution >= 4 is 5.91 Å². The van der Waals surface area contributed by atoms with Gasteiger partial charge in [-0.15, -0.1) is 0 Å². The zero-order valence-corrected chi connectivity index (χ0v) is 16.1. The zero-order valence-electron chi connectivity index (χ0n) is 16.1. The van der Waals surface area contributed by atoms with Crippen LogP contribution in [-0.2, 0) is 13.6 Å². The van der Waals surface area contributed by atoms with Gasteiger partial charge in [0.1, 0.15) is 0 Å². The molecule has 0 radical (unpaired) electrons. The molecule has 0 N–H and O–H groups in total. The highest BCUT2D eigenvalue weighted by molar-refractivity contribution is 5.92. The number of carbonyl (C=O) groups excluding carboxylic acids is 1. The van der Waals surface area contributed by atoms with Gasteiger partial charge in [0.05, 0.1) is 12.6 Å². The van der Waals surface area contributed by atoms with Gasteiger partial charge in [-0.05, 0) is 18.9 Å². The van der Waals surface area contributed by atoms with Gasteiger partial charge in [-0.3, -0.25) is 9.48 Å². The van der Waals surface area contributed by atoms with Gasteiger partial charge in [0.15, 0.2) is 17.3 Å². The van der Waals surface area contributed by atoms with Crippen molar-refractivity contribution in [3.8, 4) is 11.4 Å². The normalized spacial score (nSPS) is 16.6. The SMILES string of the molecule is Cc1cc(C(=O)N2CCn3nc(-c4ccccc4)nc3[C@@H]2C(C)C)nn1C. The summed E-state index contributed by atoms with van der Waals surface area (Å²) in [6, 6.07) is 11.7. The smallest absolute Gasteiger partial charge is 0.275 e. The van der Waals surface area contributed by atoms with Crippen LogP contribution in [0.4, 0.5) is 0 Å². The molecule has 4 rings (SSSR count). The maximum atomic E-state index is 13.2. The Balaban J connectivity index is 1.71. The summed E-state index contributed by atoms with van der Waals surface area (Å²) in [5.41, 5.74) is 2.43. The Labute approximate surface area is 158 Å². The molecule has 1 aliphatic heterocycles. The van der Waals surface area contributed by atoms with E-state index in [0.29, 0.717) is 24.6 Å². The molecule has 3 heterocycles. The number of nitrogens with zero attached hydrogens (tertiary/aromatic N) is 6. The Bertz CT molecular complexity index is 952. The molecule has 0 saturated heterocycles. The fraction of sp³-hybridized carbons (Fsp3) is 0.400. The minimum Gasteiger partial charge on any atom is -0.325 e. The van der Waals surface area contributed by atoms with Crippen LogP contribution in [0.25, 0.3) is 11.4 Å². The molecule has 0 saturated carbocycles. The third-order valence-electron chi connectivity index (χ3n) is 5.11. The predicted octanol–water partition coefficient (Wildman–Crippen LogP) is 2.84. The first kappa shape index (κ1) is 17.5. The predicted molar refractivity (Wildman–Crippen MR) is 102 cm³/mol. The van der Waals surface area contributed by atoms with Crippen LogP contribution in [0.15, 0.2) is 36.4 Å². The highest BCUT2D eigenvalue weighted by Gasteiger charge is 2.37. The van der Waals surface area contributed by atoms with Gasteiger partial charge in [-0.1, -0.05) is 44.2 Å². The van der Waals surface area contributed by atoms with Crippen LogP contribution in [0.5, 0.6) is 0 Å². The lowest BCUT2D eigenvalue weighted by molar-refractivity contribution is 0.0530. The number of benzene rings is 1. The van der Waals surface area contributed by atoms with Crippen LogP contribution in [-0.4, -0.2) is 41.9 Å². The molecule has 1 atom stereocenters. The van der Waals surface area contributed by atoms with Crippen molar-refractivity contribution in [1.82, 2.24) is 29.4 Å². The number of amides is 1. The Morgan fingerprint density at radius 2 is 1.89 bits per heavy atom. The lowest BCUT2D eigenvalue weighted by atomic mass is 9.99. The number of hydrogen-bond acceptors (Lipinski definition) is 4. The van der Waals surface area contributed by atoms with E-state index in [0.717, 1.165) is 17.1 Å². The van der Waals surface area contributed by atoms with Crippen molar-refractivity contribution in [3.63, 3.8) is 0 Å². The quantitative estimate of drug-likeness (QED) is 0.717. The first-order valence-electron chi connectivity index (χ1n) is 9.27. The number of carbonyl (C=O) groups is 1. The molecule has 140 valence electrons. The topological polar surface area (TPSA) is 68.8 Å². The van der Waals surface area contributed by atoms with Crippen molar-refractivity contribution in [2.75, 3.05) is 6.54 Å². The third kappa shape index (κ3) is 3.03. The summed E-state index contributed by atoms with van der Waals surface area (Å²) in [5, 5.41) is 9.06. The molecule has 1 aliphatic rings. The van der Waals surface area contributed by atoms with Crippen molar-refractivity contribution in [2.24, 2.45) is 13.0 Å². The summed E-state index contributed by atoms with van der Waals surface area (Å²) < 4.78 is 3.68. The molecule has 2 aromatic heterocycles. The molecule has 7 heteroatoms. The summed E-state index contributed by atoms with van der Waals surface area (Å²) in [5.74, 6) is 1.72. The fourth-order valence-electron chi connectivity index (χ4n) is 3.63. The molecule has 27 heavy (non-hydrogen) atoms. The third-order valence-corrected chi connectivity index (χ3v) is 5.11. The first-order valence-corrected chi connectivity index (χ1v) is 9.27. The number of rotatable bonds is 3. The molecule has 0 unspecified atom stereocenters. The first-order chi connectivity index (χ1) is 13.0. The second kappa shape index (κ2) is 6.64. The maximum absolute atomic E-state index is 13.2. The minimum absolute atomic E-state index is 0.0482. The van der Waals surface area contributed by atoms with Crippen molar-refractivity contribution in [1.29, 1.82) is 0 Å². The van der Waals surface area contributed by atoms with Crippen LogP contribution in [0, 0.1) is 12.8 Å². The van der Waals surface area contributed by atoms with E-state index in [1.807, 2.05) is 60.0 Å². The van der Waals surface area contributed by atoms with Gasteiger partial charge in [0.25, 0.3) is 5.91 Å². The summed E-state index contributed by atoms with van der Waals surface area (Å²) in [4.78, 5) is 19.9. The zero-order chi connectivity index (χ0) is 19.1. The Hall–Kier alpha value is -2.96. The van der Waals surface area contributed by atoms with E-state index in [9.17, 15) is 4.79 Å². The van der Waals surface area contributed by atoms with Gasteiger partial charge in [-0.25, -0.2) is 9.67 Å². The molecule has 1 amide bonds. The molecular formula is C20H24N6O. The van der Waals surface area contributed by atoms with Crippen LogP contribution in [0.2, 0.25) is 0 Å². The van der Waals surface area contributed by atoms with Crippen LogP contribution in [0.3, 0.4) is 0 Å². The summed E-state index contributed by atoms with van der Waals surface area (Å²) in [6.07, 6.45) is 0. The second-order valence-electron chi connectivity index (χ2n) is 7.36. The number of hydrogen-bond donors (Lipinski definition) is 0. The molecule has 7 nitrogen and oxygen atoms in total. The number of fused-ring (bicyclic) bond motifs is 1. The molecule has 0 bridgehead atoms. The lowest BCUT2D eigenvalue weighted by Crippen LogP contribution is -2.44. The Morgan fingerprint density at radius 3 is 2.52 bits per heavy atom. The van der Waals surface area contributed by atoms with Crippen LogP contribution < -0.4 is 0 Å². The molecular weight excluding hydrogens is 340 g/mol. The Morgan fingerprint density at radius 1 is 1.15 bits per heavy atom. The van der Waals surface area contributed by atoms with Crippen molar-refractivity contribution in [2.45, 2.75) is 33.4 Å². The van der Waals surface area contributed by atoms with E-state index in [-0.39, 0.29) is 17.9 Å². The molecule has 0 fully saturated rings. The largest absolute Gasteiger partial charge is 0.325 e. The van der Waals surface area contributed by atoms with E-state index in [4.69, 9.17) is 4.98 Å². The van der Waals surface area contributed by atoms with Gasteiger partial charge in [-0.2, -0.15) is 10.2 Å². The van der Waals surface area contributed by atoms with Crippen LogP contribution >= 0.6 is 0 Å². The summed E-state index contributed by atoms with van der Waals surface area (Å²) in [6.45, 7) is 7.41. The summed E-state index contributed by atoms with van der Waals surface area (Å²) in [7, 11) is 1.85. The number of aromatic nitrogens is 5. The number of aryl methyl sites for hydroxylation is 2. The van der Waals surface area contributed by atoms with E-state index in [2.05, 4.69) is 24.0 Å². The van der Waals surface area contributed by atoms with Crippen molar-refractivity contribution in [3.05, 3.63) is 53.6 Å². The van der Waals surface area contributed by atoms with E-state index in [1.165, 1.54) is 0 Å². The average molecular weight is 364 g/mol.